The molecule has 49 heavy (non-hydrogen) atoms. The van der Waals surface area contributed by atoms with Crippen molar-refractivity contribution in [1.82, 2.24) is 37.2 Å². The number of nitrogens with one attached hydrogen (secondary N) is 7. The van der Waals surface area contributed by atoms with Crippen molar-refractivity contribution in [2.24, 2.45) is 28.1 Å². The van der Waals surface area contributed by atoms with Gasteiger partial charge in [0, 0.05) is 18.1 Å². The molecule has 22 heteroatoms. The second-order valence-corrected chi connectivity index (χ2v) is 13.9. The Labute approximate surface area is 291 Å². The van der Waals surface area contributed by atoms with Crippen LogP contribution in [0.1, 0.15) is 40.0 Å². The number of nitrogens with zero attached hydrogens (tertiary/aromatic N) is 1. The summed E-state index contributed by atoms with van der Waals surface area (Å²) in [6, 6.07) is -5.82. The quantitative estimate of drug-likeness (QED) is 0.0366. The number of amides is 7. The molecule has 1 saturated heterocycles. The Hall–Kier alpha value is -4.31. The summed E-state index contributed by atoms with van der Waals surface area (Å²) >= 11 is 0. The summed E-state index contributed by atoms with van der Waals surface area (Å²) in [7, 11) is 2.25. The Morgan fingerprint density at radius 2 is 1.45 bits per heavy atom. The van der Waals surface area contributed by atoms with Gasteiger partial charge in [0.2, 0.25) is 41.4 Å². The second kappa shape index (κ2) is 22.3. The van der Waals surface area contributed by atoms with Crippen LogP contribution in [0.15, 0.2) is 4.99 Å². The molecule has 14 N–H and O–H groups in total. The van der Waals surface area contributed by atoms with Crippen molar-refractivity contribution in [3.05, 3.63) is 0 Å². The van der Waals surface area contributed by atoms with E-state index in [2.05, 4.69) is 42.2 Å². The van der Waals surface area contributed by atoms with E-state index >= 15 is 0 Å². The van der Waals surface area contributed by atoms with E-state index in [9.17, 15) is 43.5 Å². The number of hydrogen-bond acceptors (Lipinski definition) is 12. The van der Waals surface area contributed by atoms with Crippen molar-refractivity contribution in [2.45, 2.75) is 70.2 Å². The van der Waals surface area contributed by atoms with Gasteiger partial charge in [-0.25, -0.2) is 4.79 Å². The number of aliphatic imine (C=N–C) groups is 1. The third-order valence-corrected chi connectivity index (χ3v) is 8.97. The Kier molecular flexibility index (Phi) is 19.5. The van der Waals surface area contributed by atoms with Gasteiger partial charge >= 0.3 is 5.97 Å². The highest BCUT2D eigenvalue weighted by atomic mass is 33.1. The first-order valence-corrected chi connectivity index (χ1v) is 17.8. The summed E-state index contributed by atoms with van der Waals surface area (Å²) < 4.78 is 0. The highest BCUT2D eigenvalue weighted by molar-refractivity contribution is 8.76. The molecule has 7 amide bonds. The maximum Gasteiger partial charge on any atom is 0.326 e. The normalized spacial score (nSPS) is 20.1. The Bertz CT molecular complexity index is 1230. The molecule has 0 radical (unpaired) electrons. The van der Waals surface area contributed by atoms with Gasteiger partial charge in [-0.05, 0) is 32.1 Å². The van der Waals surface area contributed by atoms with Gasteiger partial charge in [-0.15, -0.1) is 0 Å². The van der Waals surface area contributed by atoms with E-state index in [1.165, 1.54) is 6.92 Å². The largest absolute Gasteiger partial charge is 0.480 e. The third kappa shape index (κ3) is 18.1. The van der Waals surface area contributed by atoms with Gasteiger partial charge in [0.25, 0.3) is 0 Å². The molecular weight excluding hydrogens is 686 g/mol. The van der Waals surface area contributed by atoms with Crippen molar-refractivity contribution in [2.75, 3.05) is 37.7 Å². The van der Waals surface area contributed by atoms with Crippen molar-refractivity contribution < 1.29 is 43.5 Å². The molecule has 20 nitrogen and oxygen atoms in total. The van der Waals surface area contributed by atoms with Gasteiger partial charge in [-0.2, -0.15) is 0 Å². The van der Waals surface area contributed by atoms with Crippen LogP contribution in [0, 0.1) is 5.92 Å². The average molecular weight is 734 g/mol. The van der Waals surface area contributed by atoms with Gasteiger partial charge in [0.05, 0.1) is 25.7 Å². The third-order valence-electron chi connectivity index (χ3n) is 6.52. The van der Waals surface area contributed by atoms with Gasteiger partial charge in [0.15, 0.2) is 5.96 Å². The fourth-order valence-electron chi connectivity index (χ4n) is 3.94. The number of carboxylic acids is 1. The van der Waals surface area contributed by atoms with E-state index < -0.39 is 97.2 Å². The molecule has 0 aromatic rings. The summed E-state index contributed by atoms with van der Waals surface area (Å²) in [5.41, 5.74) is 16.4. The van der Waals surface area contributed by atoms with E-state index in [4.69, 9.17) is 17.2 Å². The summed E-state index contributed by atoms with van der Waals surface area (Å²) in [6.45, 7) is 3.71. The number of rotatable bonds is 13. The topological polar surface area (TPSA) is 331 Å². The lowest BCUT2D eigenvalue weighted by Crippen LogP contribution is -2.58. The van der Waals surface area contributed by atoms with Crippen LogP contribution < -0.4 is 54.4 Å². The maximum absolute atomic E-state index is 13.4. The van der Waals surface area contributed by atoms with Crippen LogP contribution in [0.5, 0.6) is 0 Å². The molecule has 0 unspecified atom stereocenters. The zero-order valence-corrected chi connectivity index (χ0v) is 29.2. The number of hydrogen-bond donors (Lipinski definition) is 11. The first-order valence-electron chi connectivity index (χ1n) is 15.3. The molecule has 0 aliphatic carbocycles. The SMILES string of the molecule is CC(C)C[C@H](NC(=O)[C@@H]1CSSC[C@H](N)C(=O)NCC(=O)NCC(=O)NCC(=O)N1)C(=O)N[C@@H](C)C(=O)N[C@@H](CCCN=C(N)N)C(=O)O. The van der Waals surface area contributed by atoms with Crippen molar-refractivity contribution in [3.8, 4) is 0 Å². The lowest BCUT2D eigenvalue weighted by atomic mass is 10.0. The number of carbonyl (C=O) groups excluding carboxylic acids is 7. The minimum absolute atomic E-state index is 0.0212. The summed E-state index contributed by atoms with van der Waals surface area (Å²) in [5.74, 6) is -6.41. The van der Waals surface area contributed by atoms with Crippen LogP contribution in [-0.2, 0) is 38.4 Å². The Morgan fingerprint density at radius 1 is 0.857 bits per heavy atom. The fourth-order valence-corrected chi connectivity index (χ4v) is 6.22. The van der Waals surface area contributed by atoms with Crippen LogP contribution in [0.3, 0.4) is 0 Å². The molecule has 0 spiro atoms. The molecule has 1 heterocycles. The highest BCUT2D eigenvalue weighted by Crippen LogP contribution is 2.23. The van der Waals surface area contributed by atoms with Gasteiger partial charge < -0.3 is 59.5 Å². The predicted octanol–water partition coefficient (Wildman–Crippen LogP) is -4.80. The van der Waals surface area contributed by atoms with Crippen LogP contribution in [0.2, 0.25) is 0 Å². The monoisotopic (exact) mass is 733 g/mol. The highest BCUT2D eigenvalue weighted by Gasteiger charge is 2.30. The van der Waals surface area contributed by atoms with Gasteiger partial charge in [-0.3, -0.25) is 38.6 Å². The molecule has 0 saturated carbocycles. The van der Waals surface area contributed by atoms with Gasteiger partial charge in [0.1, 0.15) is 24.2 Å². The summed E-state index contributed by atoms with van der Waals surface area (Å²) in [5, 5.41) is 26.4. The fraction of sp³-hybridized carbons (Fsp3) is 0.667. The molecule has 0 aromatic heterocycles. The van der Waals surface area contributed by atoms with E-state index in [1.54, 1.807) is 13.8 Å². The van der Waals surface area contributed by atoms with Crippen LogP contribution in [0.25, 0.3) is 0 Å². The van der Waals surface area contributed by atoms with E-state index in [0.717, 1.165) is 21.6 Å². The standard InChI is InChI=1S/C27H47N11O9S2/c1-13(2)7-17(24(44)35-14(3)22(42)37-16(26(46)47)5-4-6-31-27(29)30)38-25(45)18-12-49-48-11-15(28)23(43)34-9-20(40)32-8-19(39)33-10-21(41)36-18/h13-18H,4-12,28H2,1-3H3,(H,32,40)(H,33,39)(H,34,43)(H,35,44)(H,36,41)(H,37,42)(H,38,45)(H,46,47)(H4,29,30,31)/t14-,15-,16-,17-,18-/m0/s1. The number of carboxylic acid groups (broad SMARTS) is 1. The van der Waals surface area contributed by atoms with E-state index in [1.807, 2.05) is 0 Å². The molecular formula is C27H47N11O9S2. The molecule has 276 valence electrons. The van der Waals surface area contributed by atoms with Crippen LogP contribution in [0.4, 0.5) is 0 Å². The lowest BCUT2D eigenvalue weighted by Gasteiger charge is -2.25. The number of nitrogens with two attached hydrogens (primary N) is 3. The lowest BCUT2D eigenvalue weighted by molar-refractivity contribution is -0.142. The number of carbonyl (C=O) groups is 8. The minimum Gasteiger partial charge on any atom is -0.480 e. The molecule has 5 atom stereocenters. The second-order valence-electron chi connectivity index (χ2n) is 11.3. The molecule has 0 aromatic carbocycles. The molecule has 1 rings (SSSR count). The molecule has 1 aliphatic rings. The van der Waals surface area contributed by atoms with Crippen LogP contribution in [-0.4, -0.2) is 126 Å². The van der Waals surface area contributed by atoms with Gasteiger partial charge in [-0.1, -0.05) is 35.4 Å². The maximum atomic E-state index is 13.4. The minimum atomic E-state index is -1.29. The summed E-state index contributed by atoms with van der Waals surface area (Å²) in [4.78, 5) is 104. The van der Waals surface area contributed by atoms with Crippen molar-refractivity contribution in [3.63, 3.8) is 0 Å². The predicted molar refractivity (Wildman–Crippen MR) is 182 cm³/mol. The number of aliphatic carboxylic acids is 1. The zero-order chi connectivity index (χ0) is 37.1. The Morgan fingerprint density at radius 3 is 2.04 bits per heavy atom. The first-order chi connectivity index (χ1) is 23.0. The summed E-state index contributed by atoms with van der Waals surface area (Å²) in [6.07, 6.45) is 0.426. The van der Waals surface area contributed by atoms with Crippen LogP contribution >= 0.6 is 21.6 Å². The van der Waals surface area contributed by atoms with Crippen molar-refractivity contribution in [1.29, 1.82) is 0 Å². The first kappa shape index (κ1) is 42.7. The molecule has 1 aliphatic heterocycles. The molecule has 0 bridgehead atoms. The Balaban J connectivity index is 2.99. The zero-order valence-electron chi connectivity index (χ0n) is 27.5. The van der Waals surface area contributed by atoms with Crippen molar-refractivity contribution >= 4 is 74.9 Å². The van der Waals surface area contributed by atoms with E-state index in [-0.39, 0.29) is 49.2 Å². The van der Waals surface area contributed by atoms with E-state index in [0.29, 0.717) is 0 Å². The smallest absolute Gasteiger partial charge is 0.326 e. The average Bonchev–Trinajstić information content (AvgIpc) is 3.02. The molecule has 1 fully saturated rings. The number of guanidine groups is 1.